The molecule has 1 aliphatic heterocycles. The summed E-state index contributed by atoms with van der Waals surface area (Å²) in [5, 5.41) is 9.76. The molecule has 2 fully saturated rings. The zero-order valence-corrected chi connectivity index (χ0v) is 13.2. The van der Waals surface area contributed by atoms with E-state index in [1.54, 1.807) is 0 Å². The largest absolute Gasteiger partial charge is 0.481 e. The summed E-state index contributed by atoms with van der Waals surface area (Å²) in [7, 11) is 0. The second-order valence-electron chi connectivity index (χ2n) is 7.64. The number of benzene rings is 1. The summed E-state index contributed by atoms with van der Waals surface area (Å²) in [5.41, 5.74) is 1.57. The summed E-state index contributed by atoms with van der Waals surface area (Å²) in [6, 6.07) is 8.27. The topological polar surface area (TPSA) is 40.5 Å². The Morgan fingerprint density at radius 1 is 1.19 bits per heavy atom. The standard InChI is InChI=1S/C18H25NO2/c1-17(2,3)15-12-18(15,16(20)21)13-6-8-14(9-7-13)19-10-4-5-11-19/h6-9,15H,4-5,10-12H2,1-3H3,(H,20,21). The molecule has 2 atom stereocenters. The second kappa shape index (κ2) is 4.75. The van der Waals surface area contributed by atoms with Gasteiger partial charge in [-0.05, 0) is 48.3 Å². The number of aliphatic carboxylic acids is 1. The summed E-state index contributed by atoms with van der Waals surface area (Å²) in [4.78, 5) is 14.3. The molecule has 0 bridgehead atoms. The molecule has 1 N–H and O–H groups in total. The number of nitrogens with zero attached hydrogens (tertiary/aromatic N) is 1. The van der Waals surface area contributed by atoms with Crippen molar-refractivity contribution in [3.8, 4) is 0 Å². The molecule has 0 spiro atoms. The maximum Gasteiger partial charge on any atom is 0.314 e. The number of hydrogen-bond donors (Lipinski definition) is 1. The smallest absolute Gasteiger partial charge is 0.314 e. The van der Waals surface area contributed by atoms with E-state index in [-0.39, 0.29) is 11.3 Å². The molecule has 1 aromatic carbocycles. The van der Waals surface area contributed by atoms with Crippen LogP contribution in [0.1, 0.15) is 45.6 Å². The van der Waals surface area contributed by atoms with Gasteiger partial charge >= 0.3 is 5.97 Å². The van der Waals surface area contributed by atoms with Gasteiger partial charge in [-0.2, -0.15) is 0 Å². The van der Waals surface area contributed by atoms with Crippen molar-refractivity contribution < 1.29 is 9.90 Å². The number of anilines is 1. The zero-order valence-electron chi connectivity index (χ0n) is 13.2. The molecule has 2 unspecified atom stereocenters. The van der Waals surface area contributed by atoms with Crippen molar-refractivity contribution in [2.24, 2.45) is 11.3 Å². The molecule has 1 saturated heterocycles. The maximum atomic E-state index is 11.9. The van der Waals surface area contributed by atoms with Crippen molar-refractivity contribution in [3.05, 3.63) is 29.8 Å². The lowest BCUT2D eigenvalue weighted by Crippen LogP contribution is -2.27. The first kappa shape index (κ1) is 14.4. The Balaban J connectivity index is 1.87. The van der Waals surface area contributed by atoms with Crippen LogP contribution in [0.4, 0.5) is 5.69 Å². The van der Waals surface area contributed by atoms with E-state index in [0.29, 0.717) is 0 Å². The Labute approximate surface area is 127 Å². The molecular formula is C18H25NO2. The van der Waals surface area contributed by atoms with Crippen molar-refractivity contribution in [2.75, 3.05) is 18.0 Å². The molecule has 2 aliphatic rings. The van der Waals surface area contributed by atoms with Crippen LogP contribution in [0.15, 0.2) is 24.3 Å². The molecule has 3 heteroatoms. The first-order chi connectivity index (χ1) is 9.85. The van der Waals surface area contributed by atoms with Crippen molar-refractivity contribution in [3.63, 3.8) is 0 Å². The average molecular weight is 287 g/mol. The van der Waals surface area contributed by atoms with E-state index in [2.05, 4.69) is 37.8 Å². The normalized spacial score (nSPS) is 28.7. The highest BCUT2D eigenvalue weighted by atomic mass is 16.4. The third-order valence-electron chi connectivity index (χ3n) is 5.24. The third kappa shape index (κ3) is 2.33. The van der Waals surface area contributed by atoms with Gasteiger partial charge in [-0.15, -0.1) is 0 Å². The van der Waals surface area contributed by atoms with E-state index in [4.69, 9.17) is 0 Å². The van der Waals surface area contributed by atoms with Crippen LogP contribution in [0.3, 0.4) is 0 Å². The van der Waals surface area contributed by atoms with Crippen molar-refractivity contribution in [1.29, 1.82) is 0 Å². The van der Waals surface area contributed by atoms with Crippen LogP contribution in [-0.2, 0) is 10.2 Å². The van der Waals surface area contributed by atoms with E-state index < -0.39 is 11.4 Å². The highest BCUT2D eigenvalue weighted by Crippen LogP contribution is 2.62. The van der Waals surface area contributed by atoms with Crippen LogP contribution in [0.5, 0.6) is 0 Å². The van der Waals surface area contributed by atoms with Crippen molar-refractivity contribution >= 4 is 11.7 Å². The highest BCUT2D eigenvalue weighted by Gasteiger charge is 2.65. The Bertz CT molecular complexity index is 537. The van der Waals surface area contributed by atoms with E-state index in [1.165, 1.54) is 18.5 Å². The van der Waals surface area contributed by atoms with Gasteiger partial charge in [0.2, 0.25) is 0 Å². The van der Waals surface area contributed by atoms with Gasteiger partial charge in [0.1, 0.15) is 0 Å². The molecule has 3 nitrogen and oxygen atoms in total. The molecule has 3 rings (SSSR count). The number of hydrogen-bond acceptors (Lipinski definition) is 2. The lowest BCUT2D eigenvalue weighted by Gasteiger charge is -2.24. The van der Waals surface area contributed by atoms with Crippen molar-refractivity contribution in [2.45, 2.75) is 45.4 Å². The first-order valence-electron chi connectivity index (χ1n) is 7.94. The quantitative estimate of drug-likeness (QED) is 0.922. The number of carbonyl (C=O) groups is 1. The minimum absolute atomic E-state index is 0.0337. The summed E-state index contributed by atoms with van der Waals surface area (Å²) in [5.74, 6) is -0.448. The van der Waals surface area contributed by atoms with Gasteiger partial charge in [0.15, 0.2) is 0 Å². The predicted molar refractivity (Wildman–Crippen MR) is 84.8 cm³/mol. The van der Waals surface area contributed by atoms with Gasteiger partial charge in [-0.1, -0.05) is 32.9 Å². The highest BCUT2D eigenvalue weighted by molar-refractivity contribution is 5.86. The second-order valence-corrected chi connectivity index (χ2v) is 7.64. The molecule has 0 amide bonds. The maximum absolute atomic E-state index is 11.9. The van der Waals surface area contributed by atoms with Gasteiger partial charge in [0.05, 0.1) is 5.41 Å². The van der Waals surface area contributed by atoms with Crippen LogP contribution in [0.2, 0.25) is 0 Å². The zero-order chi connectivity index (χ0) is 15.3. The summed E-state index contributed by atoms with van der Waals surface area (Å²) >= 11 is 0. The summed E-state index contributed by atoms with van der Waals surface area (Å²) in [6.07, 6.45) is 3.27. The first-order valence-corrected chi connectivity index (χ1v) is 7.94. The van der Waals surface area contributed by atoms with Gasteiger partial charge in [0.25, 0.3) is 0 Å². The van der Waals surface area contributed by atoms with Crippen LogP contribution in [-0.4, -0.2) is 24.2 Å². The van der Waals surface area contributed by atoms with Crippen LogP contribution in [0, 0.1) is 11.3 Å². The minimum atomic E-state index is -0.670. The molecule has 1 aliphatic carbocycles. The number of carboxylic acids is 1. The lowest BCUT2D eigenvalue weighted by molar-refractivity contribution is -0.141. The SMILES string of the molecule is CC(C)(C)C1CC1(C(=O)O)c1ccc(N2CCCC2)cc1. The van der Waals surface area contributed by atoms with Crippen LogP contribution < -0.4 is 4.90 Å². The molecule has 114 valence electrons. The fraction of sp³-hybridized carbons (Fsp3) is 0.611. The summed E-state index contributed by atoms with van der Waals surface area (Å²) < 4.78 is 0. The van der Waals surface area contributed by atoms with Crippen molar-refractivity contribution in [1.82, 2.24) is 0 Å². The van der Waals surface area contributed by atoms with E-state index in [1.807, 2.05) is 12.1 Å². The van der Waals surface area contributed by atoms with E-state index >= 15 is 0 Å². The molecule has 1 saturated carbocycles. The van der Waals surface area contributed by atoms with Gasteiger partial charge in [-0.3, -0.25) is 4.79 Å². The third-order valence-corrected chi connectivity index (χ3v) is 5.24. The Morgan fingerprint density at radius 2 is 1.76 bits per heavy atom. The van der Waals surface area contributed by atoms with E-state index in [9.17, 15) is 9.90 Å². The number of rotatable bonds is 3. The molecule has 0 aromatic heterocycles. The van der Waals surface area contributed by atoms with Crippen LogP contribution in [0.25, 0.3) is 0 Å². The molecule has 21 heavy (non-hydrogen) atoms. The van der Waals surface area contributed by atoms with Crippen LogP contribution >= 0.6 is 0 Å². The Morgan fingerprint density at radius 3 is 2.19 bits per heavy atom. The Kier molecular flexibility index (Phi) is 3.27. The molecule has 1 aromatic rings. The Hall–Kier alpha value is -1.51. The summed E-state index contributed by atoms with van der Waals surface area (Å²) in [6.45, 7) is 8.66. The van der Waals surface area contributed by atoms with Gasteiger partial charge in [0, 0.05) is 18.8 Å². The monoisotopic (exact) mass is 287 g/mol. The number of carboxylic acid groups (broad SMARTS) is 1. The van der Waals surface area contributed by atoms with Gasteiger partial charge < -0.3 is 10.0 Å². The average Bonchev–Trinajstić information content (AvgIpc) is 2.99. The lowest BCUT2D eigenvalue weighted by atomic mass is 9.81. The van der Waals surface area contributed by atoms with E-state index in [0.717, 1.165) is 25.1 Å². The molecule has 0 radical (unpaired) electrons. The fourth-order valence-corrected chi connectivity index (χ4v) is 3.93. The predicted octanol–water partition coefficient (Wildman–Crippen LogP) is 3.68. The minimum Gasteiger partial charge on any atom is -0.481 e. The van der Waals surface area contributed by atoms with Gasteiger partial charge in [-0.25, -0.2) is 0 Å². The molecular weight excluding hydrogens is 262 g/mol. The molecule has 1 heterocycles. The fourth-order valence-electron chi connectivity index (χ4n) is 3.93.